The first-order chi connectivity index (χ1) is 9.15. The van der Waals surface area contributed by atoms with Crippen molar-refractivity contribution in [3.63, 3.8) is 0 Å². The van der Waals surface area contributed by atoms with Gasteiger partial charge in [-0.15, -0.1) is 0 Å². The molecule has 0 unspecified atom stereocenters. The quantitative estimate of drug-likeness (QED) is 0.913. The second-order valence-electron chi connectivity index (χ2n) is 3.83. The number of aromatic carboxylic acids is 1. The van der Waals surface area contributed by atoms with Gasteiger partial charge in [0.05, 0.1) is 20.4 Å². The average molecular weight is 259 g/mol. The molecule has 0 aliphatic carbocycles. The van der Waals surface area contributed by atoms with E-state index in [9.17, 15) is 4.79 Å². The van der Waals surface area contributed by atoms with Crippen molar-refractivity contribution >= 4 is 5.97 Å². The summed E-state index contributed by atoms with van der Waals surface area (Å²) in [5, 5.41) is 9.15. The van der Waals surface area contributed by atoms with Gasteiger partial charge in [-0.25, -0.2) is 4.79 Å². The van der Waals surface area contributed by atoms with Crippen molar-refractivity contribution in [2.75, 3.05) is 14.2 Å². The van der Waals surface area contributed by atoms with E-state index < -0.39 is 5.97 Å². The third-order valence-electron chi connectivity index (χ3n) is 2.71. The summed E-state index contributed by atoms with van der Waals surface area (Å²) in [7, 11) is 2.99. The normalized spacial score (nSPS) is 10.0. The second kappa shape index (κ2) is 5.39. The molecule has 0 spiro atoms. The molecule has 0 aliphatic rings. The predicted octanol–water partition coefficient (Wildman–Crippen LogP) is 2.46. The Hall–Kier alpha value is -2.56. The highest BCUT2D eigenvalue weighted by molar-refractivity contribution is 5.92. The van der Waals surface area contributed by atoms with Gasteiger partial charge in [-0.2, -0.15) is 0 Å². The average Bonchev–Trinajstić information content (AvgIpc) is 2.46. The summed E-state index contributed by atoms with van der Waals surface area (Å²) < 4.78 is 10.1. The molecule has 0 fully saturated rings. The van der Waals surface area contributed by atoms with Crippen LogP contribution in [0.3, 0.4) is 0 Å². The lowest BCUT2D eigenvalue weighted by atomic mass is 10.0. The molecule has 19 heavy (non-hydrogen) atoms. The van der Waals surface area contributed by atoms with E-state index in [0.717, 1.165) is 11.1 Å². The summed E-state index contributed by atoms with van der Waals surface area (Å²) in [4.78, 5) is 15.2. The number of carboxylic acids is 1. The predicted molar refractivity (Wildman–Crippen MR) is 69.7 cm³/mol. The minimum absolute atomic E-state index is 0.114. The Kier molecular flexibility index (Phi) is 3.66. The van der Waals surface area contributed by atoms with Crippen LogP contribution >= 0.6 is 0 Å². The number of carboxylic acid groups (broad SMARTS) is 1. The maximum absolute atomic E-state index is 11.2. The zero-order chi connectivity index (χ0) is 13.8. The summed E-state index contributed by atoms with van der Waals surface area (Å²) >= 11 is 0. The molecule has 2 aromatic rings. The Morgan fingerprint density at radius 2 is 1.89 bits per heavy atom. The monoisotopic (exact) mass is 259 g/mol. The molecule has 0 aliphatic heterocycles. The van der Waals surface area contributed by atoms with Gasteiger partial charge >= 0.3 is 5.97 Å². The molecule has 1 aromatic heterocycles. The van der Waals surface area contributed by atoms with Gasteiger partial charge in [-0.3, -0.25) is 4.98 Å². The minimum atomic E-state index is -1.03. The van der Waals surface area contributed by atoms with Crippen LogP contribution in [0, 0.1) is 0 Å². The van der Waals surface area contributed by atoms with Gasteiger partial charge in [0.15, 0.2) is 0 Å². The van der Waals surface area contributed by atoms with Gasteiger partial charge in [0.2, 0.25) is 0 Å². The molecule has 0 bridgehead atoms. The van der Waals surface area contributed by atoms with Crippen LogP contribution < -0.4 is 9.47 Å². The molecule has 1 aromatic carbocycles. The number of pyridine rings is 1. The summed E-state index contributed by atoms with van der Waals surface area (Å²) in [6, 6.07) is 6.75. The number of nitrogens with zero attached hydrogens (tertiary/aromatic N) is 1. The van der Waals surface area contributed by atoms with Crippen LogP contribution in [0.1, 0.15) is 10.4 Å². The summed E-state index contributed by atoms with van der Waals surface area (Å²) in [6.45, 7) is 0. The first-order valence-electron chi connectivity index (χ1n) is 5.56. The van der Waals surface area contributed by atoms with E-state index in [1.54, 1.807) is 43.8 Å². The number of hydrogen-bond donors (Lipinski definition) is 1. The third-order valence-corrected chi connectivity index (χ3v) is 2.71. The largest absolute Gasteiger partial charge is 0.496 e. The first-order valence-corrected chi connectivity index (χ1v) is 5.56. The summed E-state index contributed by atoms with van der Waals surface area (Å²) in [6.07, 6.45) is 3.24. The number of rotatable bonds is 4. The number of benzene rings is 1. The fourth-order valence-electron chi connectivity index (χ4n) is 1.74. The highest BCUT2D eigenvalue weighted by atomic mass is 16.5. The van der Waals surface area contributed by atoms with Gasteiger partial charge < -0.3 is 14.6 Å². The second-order valence-corrected chi connectivity index (χ2v) is 3.83. The number of hydrogen-bond acceptors (Lipinski definition) is 4. The highest BCUT2D eigenvalue weighted by Gasteiger charge is 2.12. The molecule has 2 rings (SSSR count). The van der Waals surface area contributed by atoms with Gasteiger partial charge in [0.25, 0.3) is 0 Å². The van der Waals surface area contributed by atoms with Crippen LogP contribution in [-0.2, 0) is 0 Å². The van der Waals surface area contributed by atoms with Crippen molar-refractivity contribution in [2.24, 2.45) is 0 Å². The van der Waals surface area contributed by atoms with E-state index in [1.807, 2.05) is 0 Å². The van der Waals surface area contributed by atoms with Crippen molar-refractivity contribution in [3.05, 3.63) is 42.2 Å². The molecule has 0 amide bonds. The van der Waals surface area contributed by atoms with Crippen LogP contribution in [0.5, 0.6) is 11.5 Å². The first kappa shape index (κ1) is 12.9. The van der Waals surface area contributed by atoms with Crippen LogP contribution in [0.15, 0.2) is 36.7 Å². The molecule has 0 saturated carbocycles. The Labute approximate surface area is 110 Å². The Bertz CT molecular complexity index is 610. The van der Waals surface area contributed by atoms with Crippen molar-refractivity contribution in [1.29, 1.82) is 0 Å². The maximum Gasteiger partial charge on any atom is 0.339 e. The number of aromatic nitrogens is 1. The van der Waals surface area contributed by atoms with Crippen molar-refractivity contribution < 1.29 is 19.4 Å². The van der Waals surface area contributed by atoms with E-state index in [-0.39, 0.29) is 5.56 Å². The molecule has 1 N–H and O–H groups in total. The molecule has 0 radical (unpaired) electrons. The Balaban J connectivity index is 2.50. The molecule has 0 atom stereocenters. The van der Waals surface area contributed by atoms with E-state index >= 15 is 0 Å². The molecule has 5 heteroatoms. The van der Waals surface area contributed by atoms with Crippen molar-refractivity contribution in [3.8, 4) is 22.6 Å². The van der Waals surface area contributed by atoms with E-state index in [2.05, 4.69) is 4.98 Å². The van der Waals surface area contributed by atoms with E-state index in [4.69, 9.17) is 14.6 Å². The van der Waals surface area contributed by atoms with Gasteiger partial charge in [0.1, 0.15) is 17.1 Å². The number of ether oxygens (including phenoxy) is 2. The lowest BCUT2D eigenvalue weighted by Gasteiger charge is -2.08. The molecule has 1 heterocycles. The van der Waals surface area contributed by atoms with Crippen LogP contribution in [-0.4, -0.2) is 30.3 Å². The van der Waals surface area contributed by atoms with Gasteiger partial charge in [-0.05, 0) is 23.8 Å². The summed E-state index contributed by atoms with van der Waals surface area (Å²) in [5.74, 6) is -0.0909. The topological polar surface area (TPSA) is 68.7 Å². The van der Waals surface area contributed by atoms with Crippen LogP contribution in [0.25, 0.3) is 11.1 Å². The number of methoxy groups -OCH3 is 2. The molecular formula is C14H13NO4. The standard InChI is InChI=1S/C14H13NO4/c1-18-11-5-10(7-15-8-11)9-3-4-13(19-2)12(6-9)14(16)17/h3-8H,1-2H3,(H,16,17). The van der Waals surface area contributed by atoms with E-state index in [0.29, 0.717) is 11.5 Å². The SMILES string of the molecule is COc1cncc(-c2ccc(OC)c(C(=O)O)c2)c1. The minimum Gasteiger partial charge on any atom is -0.496 e. The molecular weight excluding hydrogens is 246 g/mol. The maximum atomic E-state index is 11.2. The number of carbonyl (C=O) groups is 1. The van der Waals surface area contributed by atoms with Gasteiger partial charge in [0, 0.05) is 11.8 Å². The fraction of sp³-hybridized carbons (Fsp3) is 0.143. The molecule has 98 valence electrons. The zero-order valence-corrected chi connectivity index (χ0v) is 10.6. The zero-order valence-electron chi connectivity index (χ0n) is 10.6. The lowest BCUT2D eigenvalue weighted by Crippen LogP contribution is -2.00. The molecule has 5 nitrogen and oxygen atoms in total. The van der Waals surface area contributed by atoms with E-state index in [1.165, 1.54) is 7.11 Å². The molecule has 0 saturated heterocycles. The van der Waals surface area contributed by atoms with Crippen LogP contribution in [0.4, 0.5) is 0 Å². The Morgan fingerprint density at radius 3 is 2.53 bits per heavy atom. The third kappa shape index (κ3) is 2.65. The summed E-state index contributed by atoms with van der Waals surface area (Å²) in [5.41, 5.74) is 1.64. The van der Waals surface area contributed by atoms with Crippen LogP contribution in [0.2, 0.25) is 0 Å². The van der Waals surface area contributed by atoms with Gasteiger partial charge in [-0.1, -0.05) is 6.07 Å². The van der Waals surface area contributed by atoms with Crippen molar-refractivity contribution in [2.45, 2.75) is 0 Å². The Morgan fingerprint density at radius 1 is 1.11 bits per heavy atom. The fourth-order valence-corrected chi connectivity index (χ4v) is 1.74. The highest BCUT2D eigenvalue weighted by Crippen LogP contribution is 2.28. The van der Waals surface area contributed by atoms with Crippen molar-refractivity contribution in [1.82, 2.24) is 4.98 Å². The lowest BCUT2D eigenvalue weighted by molar-refractivity contribution is 0.0693. The smallest absolute Gasteiger partial charge is 0.339 e.